The van der Waals surface area contributed by atoms with Gasteiger partial charge in [-0.15, -0.1) is 0 Å². The zero-order valence-corrected chi connectivity index (χ0v) is 17.6. The lowest BCUT2D eigenvalue weighted by molar-refractivity contribution is -0.204. The lowest BCUT2D eigenvalue weighted by Gasteiger charge is -2.55. The number of likely N-dealkylation sites (tertiary alicyclic amines) is 1. The minimum absolute atomic E-state index is 0.0981. The second-order valence-corrected chi connectivity index (χ2v) is 9.04. The van der Waals surface area contributed by atoms with Crippen molar-refractivity contribution in [2.45, 2.75) is 68.8 Å². The van der Waals surface area contributed by atoms with Crippen molar-refractivity contribution in [3.05, 3.63) is 0 Å². The number of nitrogens with one attached hydrogen (secondary N) is 1. The van der Waals surface area contributed by atoms with Gasteiger partial charge in [0, 0.05) is 18.5 Å². The Labute approximate surface area is 179 Å². The molecule has 2 aliphatic heterocycles. The number of amides is 2. The first-order valence-electron chi connectivity index (χ1n) is 10.7. The van der Waals surface area contributed by atoms with Crippen LogP contribution in [0.2, 0.25) is 0 Å². The number of carbonyl (C=O) groups is 3. The van der Waals surface area contributed by atoms with E-state index in [1.807, 2.05) is 11.9 Å². The van der Waals surface area contributed by atoms with Gasteiger partial charge in [0.2, 0.25) is 11.8 Å². The fourth-order valence-electron chi connectivity index (χ4n) is 4.55. The van der Waals surface area contributed by atoms with Gasteiger partial charge in [-0.2, -0.15) is 13.2 Å². The third kappa shape index (κ3) is 5.68. The summed E-state index contributed by atoms with van der Waals surface area (Å²) in [6, 6.07) is 0.147. The van der Waals surface area contributed by atoms with Gasteiger partial charge in [0.15, 0.2) is 0 Å². The van der Waals surface area contributed by atoms with Gasteiger partial charge < -0.3 is 20.1 Å². The van der Waals surface area contributed by atoms with Crippen LogP contribution in [0.15, 0.2) is 0 Å². The van der Waals surface area contributed by atoms with Crippen LogP contribution in [0.1, 0.15) is 44.9 Å². The molecule has 4 aliphatic rings. The monoisotopic (exact) mass is 449 g/mol. The molecule has 4 fully saturated rings. The lowest BCUT2D eigenvalue weighted by atomic mass is 9.81. The van der Waals surface area contributed by atoms with Crippen molar-refractivity contribution in [3.8, 4) is 0 Å². The van der Waals surface area contributed by atoms with Crippen molar-refractivity contribution in [1.82, 2.24) is 15.1 Å². The SMILES string of the molecule is CN1CC2(CN(C(=O)C3CCC3)C2)OCC1C(=O)NC1CCCC1.O=C(O)C(F)(F)F. The second-order valence-electron chi connectivity index (χ2n) is 9.04. The Kier molecular flexibility index (Phi) is 7.14. The van der Waals surface area contributed by atoms with Crippen LogP contribution in [0.3, 0.4) is 0 Å². The number of rotatable bonds is 3. The molecule has 176 valence electrons. The summed E-state index contributed by atoms with van der Waals surface area (Å²) in [6.07, 6.45) is 2.84. The number of carbonyl (C=O) groups excluding carboxylic acids is 2. The Morgan fingerprint density at radius 1 is 1.03 bits per heavy atom. The Hall–Kier alpha value is -1.88. The van der Waals surface area contributed by atoms with Crippen LogP contribution in [0, 0.1) is 5.92 Å². The quantitative estimate of drug-likeness (QED) is 0.676. The first-order chi connectivity index (χ1) is 14.5. The zero-order chi connectivity index (χ0) is 22.8. The van der Waals surface area contributed by atoms with Crippen molar-refractivity contribution in [3.63, 3.8) is 0 Å². The first kappa shape index (κ1) is 23.8. The number of morpholine rings is 1. The third-order valence-corrected chi connectivity index (χ3v) is 6.59. The molecule has 8 nitrogen and oxygen atoms in total. The van der Waals surface area contributed by atoms with E-state index in [-0.39, 0.29) is 23.5 Å². The van der Waals surface area contributed by atoms with E-state index in [1.165, 1.54) is 19.3 Å². The minimum Gasteiger partial charge on any atom is -0.475 e. The van der Waals surface area contributed by atoms with Crippen LogP contribution in [-0.2, 0) is 19.1 Å². The smallest absolute Gasteiger partial charge is 0.475 e. The van der Waals surface area contributed by atoms with Gasteiger partial charge in [-0.1, -0.05) is 19.3 Å². The first-order valence-corrected chi connectivity index (χ1v) is 10.7. The molecule has 0 bridgehead atoms. The molecular formula is C20H30F3N3O5. The molecule has 2 aliphatic carbocycles. The normalized spacial score (nSPS) is 26.5. The largest absolute Gasteiger partial charge is 0.490 e. The molecule has 0 aromatic heterocycles. The summed E-state index contributed by atoms with van der Waals surface area (Å²) in [4.78, 5) is 37.7. The number of hydrogen-bond donors (Lipinski definition) is 2. The fraction of sp³-hybridized carbons (Fsp3) is 0.850. The number of aliphatic carboxylic acids is 1. The zero-order valence-electron chi connectivity index (χ0n) is 17.6. The van der Waals surface area contributed by atoms with Gasteiger partial charge in [0.1, 0.15) is 11.6 Å². The van der Waals surface area contributed by atoms with Crippen molar-refractivity contribution >= 4 is 17.8 Å². The summed E-state index contributed by atoms with van der Waals surface area (Å²) in [5.41, 5.74) is -0.252. The summed E-state index contributed by atoms with van der Waals surface area (Å²) < 4.78 is 37.8. The number of halogens is 3. The highest BCUT2D eigenvalue weighted by atomic mass is 19.4. The average Bonchev–Trinajstić information content (AvgIpc) is 3.10. The molecule has 1 spiro atoms. The molecule has 1 unspecified atom stereocenters. The van der Waals surface area contributed by atoms with Crippen LogP contribution in [0.4, 0.5) is 13.2 Å². The van der Waals surface area contributed by atoms with E-state index in [0.717, 1.165) is 32.2 Å². The Morgan fingerprint density at radius 2 is 1.61 bits per heavy atom. The number of alkyl halides is 3. The van der Waals surface area contributed by atoms with Gasteiger partial charge in [-0.3, -0.25) is 14.5 Å². The van der Waals surface area contributed by atoms with E-state index >= 15 is 0 Å². The van der Waals surface area contributed by atoms with Crippen LogP contribution in [-0.4, -0.2) is 89.8 Å². The van der Waals surface area contributed by atoms with E-state index in [0.29, 0.717) is 31.6 Å². The van der Waals surface area contributed by atoms with Gasteiger partial charge in [-0.05, 0) is 32.7 Å². The van der Waals surface area contributed by atoms with Gasteiger partial charge >= 0.3 is 12.1 Å². The van der Waals surface area contributed by atoms with Crippen LogP contribution in [0.25, 0.3) is 0 Å². The predicted molar refractivity (Wildman–Crippen MR) is 103 cm³/mol. The topological polar surface area (TPSA) is 99.2 Å². The molecule has 2 heterocycles. The maximum atomic E-state index is 12.5. The Morgan fingerprint density at radius 3 is 2.06 bits per heavy atom. The van der Waals surface area contributed by atoms with Crippen molar-refractivity contribution in [2.75, 3.05) is 33.3 Å². The Balaban J connectivity index is 0.000000339. The Bertz CT molecular complexity index is 686. The molecular weight excluding hydrogens is 419 g/mol. The number of likely N-dealkylation sites (N-methyl/N-ethyl adjacent to an activating group) is 1. The average molecular weight is 449 g/mol. The molecule has 0 aromatic carbocycles. The molecule has 11 heteroatoms. The lowest BCUT2D eigenvalue weighted by Crippen LogP contribution is -2.73. The summed E-state index contributed by atoms with van der Waals surface area (Å²) >= 11 is 0. The number of ether oxygens (including phenoxy) is 1. The maximum Gasteiger partial charge on any atom is 0.490 e. The minimum atomic E-state index is -5.08. The number of carboxylic acid groups (broad SMARTS) is 1. The molecule has 0 radical (unpaired) electrons. The maximum absolute atomic E-state index is 12.5. The molecule has 0 aromatic rings. The molecule has 1 atom stereocenters. The van der Waals surface area contributed by atoms with E-state index in [2.05, 4.69) is 10.2 Å². The van der Waals surface area contributed by atoms with E-state index in [4.69, 9.17) is 14.6 Å². The number of hydrogen-bond acceptors (Lipinski definition) is 5. The summed E-state index contributed by atoms with van der Waals surface area (Å²) in [5, 5.41) is 10.3. The molecule has 2 amide bonds. The molecule has 31 heavy (non-hydrogen) atoms. The van der Waals surface area contributed by atoms with E-state index < -0.39 is 12.1 Å². The van der Waals surface area contributed by atoms with Gasteiger partial charge in [0.05, 0.1) is 19.7 Å². The van der Waals surface area contributed by atoms with Crippen molar-refractivity contribution in [1.29, 1.82) is 0 Å². The predicted octanol–water partition coefficient (Wildman–Crippen LogP) is 1.39. The number of nitrogens with zero attached hydrogens (tertiary/aromatic N) is 2. The molecule has 2 saturated carbocycles. The van der Waals surface area contributed by atoms with Crippen molar-refractivity contribution < 1.29 is 37.4 Å². The summed E-state index contributed by atoms with van der Waals surface area (Å²) in [5.74, 6) is -2.10. The van der Waals surface area contributed by atoms with E-state index in [1.54, 1.807) is 0 Å². The molecule has 4 rings (SSSR count). The third-order valence-electron chi connectivity index (χ3n) is 6.59. The standard InChI is InChI=1S/C18H29N3O3.C2HF3O2/c1-20-10-18(11-21(12-18)17(23)13-5-4-6-13)24-9-15(20)16(22)19-14-7-2-3-8-14;3-2(4,5)1(6)7/h13-15H,2-12H2,1H3,(H,19,22);(H,6,7). The highest BCUT2D eigenvalue weighted by molar-refractivity contribution is 5.83. The van der Waals surface area contributed by atoms with Crippen LogP contribution >= 0.6 is 0 Å². The second kappa shape index (κ2) is 9.32. The van der Waals surface area contributed by atoms with Crippen LogP contribution in [0.5, 0.6) is 0 Å². The molecule has 2 saturated heterocycles. The molecule has 2 N–H and O–H groups in total. The number of carboxylic acids is 1. The highest BCUT2D eigenvalue weighted by Gasteiger charge is 2.52. The van der Waals surface area contributed by atoms with Gasteiger partial charge in [-0.25, -0.2) is 4.79 Å². The summed E-state index contributed by atoms with van der Waals surface area (Å²) in [7, 11) is 2.00. The van der Waals surface area contributed by atoms with Gasteiger partial charge in [0.25, 0.3) is 0 Å². The van der Waals surface area contributed by atoms with E-state index in [9.17, 15) is 22.8 Å². The highest BCUT2D eigenvalue weighted by Crippen LogP contribution is 2.35. The van der Waals surface area contributed by atoms with Crippen LogP contribution < -0.4 is 5.32 Å². The fourth-order valence-corrected chi connectivity index (χ4v) is 4.55. The summed E-state index contributed by atoms with van der Waals surface area (Å²) in [6.45, 7) is 2.53. The van der Waals surface area contributed by atoms with Crippen molar-refractivity contribution in [2.24, 2.45) is 5.92 Å².